The normalized spacial score (nSPS) is 16.8. The fourth-order valence-corrected chi connectivity index (χ4v) is 2.91. The Kier molecular flexibility index (Phi) is 4.43. The van der Waals surface area contributed by atoms with Crippen LogP contribution in [0.3, 0.4) is 0 Å². The Morgan fingerprint density at radius 2 is 1.77 bits per heavy atom. The maximum Gasteiger partial charge on any atom is 0.224 e. The molecule has 1 fully saturated rings. The van der Waals surface area contributed by atoms with E-state index in [-0.39, 0.29) is 6.10 Å². The molecule has 2 heterocycles. The Morgan fingerprint density at radius 3 is 2.41 bits per heavy atom. The van der Waals surface area contributed by atoms with E-state index in [0.29, 0.717) is 0 Å². The van der Waals surface area contributed by atoms with E-state index in [2.05, 4.69) is 34.3 Å². The number of aromatic nitrogens is 3. The molecule has 0 radical (unpaired) electrons. The number of anilines is 1. The molecule has 1 atom stereocenters. The van der Waals surface area contributed by atoms with Crippen molar-refractivity contribution in [3.63, 3.8) is 0 Å². The number of rotatable bonds is 4. The first-order chi connectivity index (χ1) is 10.7. The van der Waals surface area contributed by atoms with E-state index in [9.17, 15) is 0 Å². The fraction of sp³-hybridized carbons (Fsp3) is 0.529. The number of nitrogens with zero attached hydrogens (tertiary/aromatic N) is 4. The summed E-state index contributed by atoms with van der Waals surface area (Å²) in [5.41, 5.74) is 2.21. The summed E-state index contributed by atoms with van der Waals surface area (Å²) in [4.78, 5) is 7.08. The van der Waals surface area contributed by atoms with Crippen molar-refractivity contribution in [3.05, 3.63) is 29.8 Å². The maximum atomic E-state index is 5.34. The smallest absolute Gasteiger partial charge is 0.224 e. The summed E-state index contributed by atoms with van der Waals surface area (Å²) in [6, 6.07) is 8.31. The van der Waals surface area contributed by atoms with Gasteiger partial charge in [0.15, 0.2) is 5.82 Å². The molecular formula is C17H24N4O. The molecule has 1 aromatic heterocycles. The minimum atomic E-state index is 0.106. The van der Waals surface area contributed by atoms with Gasteiger partial charge in [-0.05, 0) is 31.7 Å². The number of hydrogen-bond acceptors (Lipinski definition) is 4. The quantitative estimate of drug-likeness (QED) is 0.870. The van der Waals surface area contributed by atoms with E-state index >= 15 is 0 Å². The summed E-state index contributed by atoms with van der Waals surface area (Å²) < 4.78 is 7.24. The van der Waals surface area contributed by atoms with Crippen LogP contribution in [0.1, 0.15) is 37.9 Å². The van der Waals surface area contributed by atoms with Gasteiger partial charge in [0, 0.05) is 32.8 Å². The van der Waals surface area contributed by atoms with Gasteiger partial charge in [-0.2, -0.15) is 4.98 Å². The molecular weight excluding hydrogens is 276 g/mol. The third kappa shape index (κ3) is 2.99. The zero-order valence-electron chi connectivity index (χ0n) is 13.6. The molecule has 22 heavy (non-hydrogen) atoms. The molecule has 0 aliphatic carbocycles. The van der Waals surface area contributed by atoms with E-state index in [4.69, 9.17) is 9.72 Å². The predicted octanol–water partition coefficient (Wildman–Crippen LogP) is 3.18. The molecule has 5 nitrogen and oxygen atoms in total. The van der Waals surface area contributed by atoms with Crippen LogP contribution >= 0.6 is 0 Å². The molecule has 2 aromatic rings. The second-order valence-corrected chi connectivity index (χ2v) is 5.91. The minimum Gasteiger partial charge on any atom is -0.377 e. The molecule has 0 amide bonds. The van der Waals surface area contributed by atoms with Gasteiger partial charge >= 0.3 is 0 Å². The van der Waals surface area contributed by atoms with Crippen LogP contribution in [0.15, 0.2) is 24.3 Å². The van der Waals surface area contributed by atoms with Gasteiger partial charge in [-0.3, -0.25) is 0 Å². The number of hydrogen-bond donors (Lipinski definition) is 0. The van der Waals surface area contributed by atoms with Crippen LogP contribution in [0.4, 0.5) is 5.95 Å². The zero-order chi connectivity index (χ0) is 15.5. The summed E-state index contributed by atoms with van der Waals surface area (Å²) in [7, 11) is 3.70. The standard InChI is InChI=1S/C17H24N4O/c1-13(22-3)14-7-9-15(10-8-14)16-18-17(20(2)19-16)21-11-5-4-6-12-21/h7-10,13H,4-6,11-12H2,1-3H3/t13-/m0/s1. The van der Waals surface area contributed by atoms with Crippen molar-refractivity contribution < 1.29 is 4.74 Å². The van der Waals surface area contributed by atoms with Crippen LogP contribution in [0.25, 0.3) is 11.4 Å². The van der Waals surface area contributed by atoms with Crippen LogP contribution in [0.5, 0.6) is 0 Å². The first-order valence-corrected chi connectivity index (χ1v) is 7.98. The third-order valence-corrected chi connectivity index (χ3v) is 4.37. The molecule has 1 aliphatic rings. The number of aryl methyl sites for hydroxylation is 1. The van der Waals surface area contributed by atoms with E-state index < -0.39 is 0 Å². The van der Waals surface area contributed by atoms with Gasteiger partial charge in [-0.25, -0.2) is 4.68 Å². The van der Waals surface area contributed by atoms with E-state index in [1.165, 1.54) is 24.8 Å². The molecule has 0 spiro atoms. The molecule has 5 heteroatoms. The molecule has 1 aliphatic heterocycles. The van der Waals surface area contributed by atoms with Crippen molar-refractivity contribution in [1.82, 2.24) is 14.8 Å². The van der Waals surface area contributed by atoms with Crippen molar-refractivity contribution in [1.29, 1.82) is 0 Å². The average molecular weight is 300 g/mol. The van der Waals surface area contributed by atoms with Crippen LogP contribution in [-0.2, 0) is 11.8 Å². The zero-order valence-corrected chi connectivity index (χ0v) is 13.6. The van der Waals surface area contributed by atoms with Crippen molar-refractivity contribution in [3.8, 4) is 11.4 Å². The fourth-order valence-electron chi connectivity index (χ4n) is 2.91. The van der Waals surface area contributed by atoms with Crippen molar-refractivity contribution in [2.45, 2.75) is 32.3 Å². The summed E-state index contributed by atoms with van der Waals surface area (Å²) in [6.45, 7) is 4.20. The first kappa shape index (κ1) is 15.0. The highest BCUT2D eigenvalue weighted by atomic mass is 16.5. The lowest BCUT2D eigenvalue weighted by molar-refractivity contribution is 0.119. The number of piperidine rings is 1. The minimum absolute atomic E-state index is 0.106. The number of benzene rings is 1. The lowest BCUT2D eigenvalue weighted by atomic mass is 10.1. The number of methoxy groups -OCH3 is 1. The largest absolute Gasteiger partial charge is 0.377 e. The third-order valence-electron chi connectivity index (χ3n) is 4.37. The lowest BCUT2D eigenvalue weighted by Gasteiger charge is -2.26. The Labute approximate surface area is 131 Å². The topological polar surface area (TPSA) is 43.2 Å². The van der Waals surface area contributed by atoms with Gasteiger partial charge in [-0.15, -0.1) is 5.10 Å². The van der Waals surface area contributed by atoms with Crippen molar-refractivity contribution in [2.75, 3.05) is 25.1 Å². The van der Waals surface area contributed by atoms with Gasteiger partial charge in [0.1, 0.15) is 0 Å². The van der Waals surface area contributed by atoms with Gasteiger partial charge in [0.25, 0.3) is 0 Å². The Morgan fingerprint density at radius 1 is 1.09 bits per heavy atom. The van der Waals surface area contributed by atoms with Crippen molar-refractivity contribution >= 4 is 5.95 Å². The lowest BCUT2D eigenvalue weighted by Crippen LogP contribution is -2.31. The highest BCUT2D eigenvalue weighted by Gasteiger charge is 2.18. The monoisotopic (exact) mass is 300 g/mol. The summed E-state index contributed by atoms with van der Waals surface area (Å²) in [5.74, 6) is 1.77. The summed E-state index contributed by atoms with van der Waals surface area (Å²) >= 11 is 0. The molecule has 0 unspecified atom stereocenters. The van der Waals surface area contributed by atoms with E-state index in [0.717, 1.165) is 30.4 Å². The maximum absolute atomic E-state index is 5.34. The van der Waals surface area contributed by atoms with Crippen LogP contribution in [0.2, 0.25) is 0 Å². The van der Waals surface area contributed by atoms with Crippen molar-refractivity contribution in [2.24, 2.45) is 7.05 Å². The van der Waals surface area contributed by atoms with Crippen LogP contribution in [0, 0.1) is 0 Å². The molecule has 1 saturated heterocycles. The van der Waals surface area contributed by atoms with Gasteiger partial charge in [-0.1, -0.05) is 24.3 Å². The van der Waals surface area contributed by atoms with Crippen LogP contribution < -0.4 is 4.90 Å². The van der Waals surface area contributed by atoms with Gasteiger partial charge in [0.05, 0.1) is 6.10 Å². The second-order valence-electron chi connectivity index (χ2n) is 5.91. The molecule has 118 valence electrons. The number of ether oxygens (including phenoxy) is 1. The summed E-state index contributed by atoms with van der Waals surface area (Å²) in [6.07, 6.45) is 3.91. The highest BCUT2D eigenvalue weighted by Crippen LogP contribution is 2.24. The summed E-state index contributed by atoms with van der Waals surface area (Å²) in [5, 5.41) is 4.58. The molecule has 0 bridgehead atoms. The Hall–Kier alpha value is -1.88. The molecule has 0 saturated carbocycles. The average Bonchev–Trinajstić information content (AvgIpc) is 2.97. The molecule has 0 N–H and O–H groups in total. The predicted molar refractivity (Wildman–Crippen MR) is 87.9 cm³/mol. The first-order valence-electron chi connectivity index (χ1n) is 7.98. The SMILES string of the molecule is CO[C@@H](C)c1ccc(-c2nc(N3CCCCC3)n(C)n2)cc1. The Bertz CT molecular complexity index is 614. The highest BCUT2D eigenvalue weighted by molar-refractivity contribution is 5.57. The second kappa shape index (κ2) is 6.48. The van der Waals surface area contributed by atoms with Gasteiger partial charge in [0.2, 0.25) is 5.95 Å². The van der Waals surface area contributed by atoms with Crippen LogP contribution in [-0.4, -0.2) is 35.0 Å². The van der Waals surface area contributed by atoms with Gasteiger partial charge < -0.3 is 9.64 Å². The molecule has 1 aromatic carbocycles. The molecule has 3 rings (SSSR count). The van der Waals surface area contributed by atoms with E-state index in [1.807, 2.05) is 18.7 Å². The Balaban J connectivity index is 1.83. The van der Waals surface area contributed by atoms with E-state index in [1.54, 1.807) is 7.11 Å².